The van der Waals surface area contributed by atoms with Crippen LogP contribution in [0, 0.1) is 0 Å². The van der Waals surface area contributed by atoms with E-state index in [1.54, 1.807) is 62.4 Å². The summed E-state index contributed by atoms with van der Waals surface area (Å²) in [5.74, 6) is -0.977. The molecule has 3 amide bonds. The summed E-state index contributed by atoms with van der Waals surface area (Å²) >= 11 is 10.6. The van der Waals surface area contributed by atoms with Crippen LogP contribution in [0.4, 0.5) is 11.4 Å². The van der Waals surface area contributed by atoms with Crippen LogP contribution in [0.15, 0.2) is 92.8 Å². The number of hydrogen-bond donors (Lipinski definition) is 2. The molecule has 1 aliphatic heterocycles. The number of nitrogens with one attached hydrogen (secondary N) is 2. The molecular formula is C26H21BrClN3O3S. The van der Waals surface area contributed by atoms with E-state index in [2.05, 4.69) is 26.6 Å². The molecule has 2 N–H and O–H groups in total. The normalized spacial score (nSPS) is 13.6. The van der Waals surface area contributed by atoms with Crippen molar-refractivity contribution in [2.45, 2.75) is 24.8 Å². The largest absolute Gasteiger partial charge is 0.350 e. The van der Waals surface area contributed by atoms with Crippen molar-refractivity contribution in [3.05, 3.63) is 98.5 Å². The van der Waals surface area contributed by atoms with E-state index in [-0.39, 0.29) is 29.5 Å². The highest BCUT2D eigenvalue weighted by molar-refractivity contribution is 9.10. The van der Waals surface area contributed by atoms with E-state index in [9.17, 15) is 14.4 Å². The monoisotopic (exact) mass is 569 g/mol. The number of carbonyl (C=O) groups excluding carboxylic acids is 3. The summed E-state index contributed by atoms with van der Waals surface area (Å²) in [7, 11) is 0. The number of nitrogens with zero attached hydrogens (tertiary/aromatic N) is 1. The highest BCUT2D eigenvalue weighted by Gasteiger charge is 2.40. The molecule has 178 valence electrons. The minimum atomic E-state index is -0.360. The lowest BCUT2D eigenvalue weighted by Crippen LogP contribution is -2.38. The van der Waals surface area contributed by atoms with Crippen LogP contribution in [0.1, 0.15) is 24.2 Å². The van der Waals surface area contributed by atoms with Gasteiger partial charge in [0.05, 0.1) is 0 Å². The Labute approximate surface area is 220 Å². The van der Waals surface area contributed by atoms with Gasteiger partial charge < -0.3 is 10.6 Å². The van der Waals surface area contributed by atoms with Crippen LogP contribution in [-0.4, -0.2) is 28.7 Å². The Balaban J connectivity index is 1.55. The third-order valence-electron chi connectivity index (χ3n) is 5.12. The van der Waals surface area contributed by atoms with Crippen molar-refractivity contribution < 1.29 is 14.4 Å². The van der Waals surface area contributed by atoms with Crippen LogP contribution in [0.5, 0.6) is 0 Å². The molecule has 4 rings (SSSR count). The van der Waals surface area contributed by atoms with Crippen LogP contribution in [0.2, 0.25) is 5.02 Å². The summed E-state index contributed by atoms with van der Waals surface area (Å²) in [5, 5.41) is 6.43. The van der Waals surface area contributed by atoms with E-state index < -0.39 is 0 Å². The number of imide groups is 1. The SMILES string of the molecule is CC(C)N1C(=O)C(Nc2ccc(Br)cc2)=C(Sc2ccc(NC(=O)c3cccc(Cl)c3)cc2)C1=O. The average molecular weight is 571 g/mol. The van der Waals surface area contributed by atoms with Gasteiger partial charge in [-0.15, -0.1) is 0 Å². The number of thioether (sulfide) groups is 1. The van der Waals surface area contributed by atoms with Crippen molar-refractivity contribution >= 4 is 68.4 Å². The maximum atomic E-state index is 13.1. The summed E-state index contributed by atoms with van der Waals surface area (Å²) < 4.78 is 0.909. The molecule has 0 fully saturated rings. The number of benzene rings is 3. The van der Waals surface area contributed by atoms with Gasteiger partial charge in [-0.2, -0.15) is 0 Å². The molecule has 0 unspecified atom stereocenters. The van der Waals surface area contributed by atoms with E-state index in [0.29, 0.717) is 26.9 Å². The first-order valence-electron chi connectivity index (χ1n) is 10.7. The fourth-order valence-corrected chi connectivity index (χ4v) is 4.82. The zero-order chi connectivity index (χ0) is 25.1. The molecule has 1 aliphatic rings. The molecule has 0 bridgehead atoms. The molecule has 0 spiro atoms. The van der Waals surface area contributed by atoms with Gasteiger partial charge in [0, 0.05) is 37.4 Å². The summed E-state index contributed by atoms with van der Waals surface area (Å²) in [4.78, 5) is 41.0. The Morgan fingerprint density at radius 3 is 2.23 bits per heavy atom. The van der Waals surface area contributed by atoms with Crippen molar-refractivity contribution in [2.24, 2.45) is 0 Å². The lowest BCUT2D eigenvalue weighted by molar-refractivity contribution is -0.139. The maximum Gasteiger partial charge on any atom is 0.278 e. The molecule has 0 atom stereocenters. The fraction of sp³-hybridized carbons (Fsp3) is 0.115. The molecule has 0 radical (unpaired) electrons. The molecule has 6 nitrogen and oxygen atoms in total. The van der Waals surface area contributed by atoms with Crippen molar-refractivity contribution in [1.82, 2.24) is 4.90 Å². The number of rotatable bonds is 7. The standard InChI is InChI=1S/C26H21BrClN3O3S/c1-15(2)31-25(33)22(29-19-8-6-17(27)7-9-19)23(26(31)34)35-21-12-10-20(11-13-21)30-24(32)16-4-3-5-18(28)14-16/h3-15,29H,1-2H3,(H,30,32). The summed E-state index contributed by atoms with van der Waals surface area (Å²) in [6.45, 7) is 3.61. The molecule has 35 heavy (non-hydrogen) atoms. The predicted octanol–water partition coefficient (Wildman–Crippen LogP) is 6.55. The topological polar surface area (TPSA) is 78.5 Å². The van der Waals surface area contributed by atoms with Crippen LogP contribution >= 0.6 is 39.3 Å². The minimum Gasteiger partial charge on any atom is -0.350 e. The number of anilines is 2. The van der Waals surface area contributed by atoms with Crippen molar-refractivity contribution in [3.8, 4) is 0 Å². The minimum absolute atomic E-state index is 0.245. The first-order chi connectivity index (χ1) is 16.7. The Kier molecular flexibility index (Phi) is 7.64. The Morgan fingerprint density at radius 2 is 1.60 bits per heavy atom. The lowest BCUT2D eigenvalue weighted by atomic mass is 10.2. The Hall–Kier alpha value is -3.07. The second-order valence-corrected chi connectivity index (χ2v) is 10.4. The third kappa shape index (κ3) is 5.78. The number of amides is 3. The first kappa shape index (κ1) is 25.0. The van der Waals surface area contributed by atoms with Crippen LogP contribution in [0.3, 0.4) is 0 Å². The second kappa shape index (κ2) is 10.7. The Morgan fingerprint density at radius 1 is 0.943 bits per heavy atom. The van der Waals surface area contributed by atoms with Gasteiger partial charge in [0.1, 0.15) is 10.6 Å². The lowest BCUT2D eigenvalue weighted by Gasteiger charge is -2.19. The van der Waals surface area contributed by atoms with E-state index in [1.165, 1.54) is 16.7 Å². The summed E-state index contributed by atoms with van der Waals surface area (Å²) in [5.41, 5.74) is 1.99. The first-order valence-corrected chi connectivity index (χ1v) is 12.7. The maximum absolute atomic E-state index is 13.1. The Bertz CT molecular complexity index is 1320. The number of carbonyl (C=O) groups is 3. The van der Waals surface area contributed by atoms with Gasteiger partial charge in [-0.1, -0.05) is 45.4 Å². The smallest absolute Gasteiger partial charge is 0.278 e. The quantitative estimate of drug-likeness (QED) is 0.315. The van der Waals surface area contributed by atoms with Gasteiger partial charge in [0.25, 0.3) is 17.7 Å². The van der Waals surface area contributed by atoms with Gasteiger partial charge in [0.2, 0.25) is 0 Å². The zero-order valence-corrected chi connectivity index (χ0v) is 22.0. The molecule has 0 saturated carbocycles. The number of hydrogen-bond acceptors (Lipinski definition) is 5. The fourth-order valence-electron chi connectivity index (χ4n) is 3.43. The van der Waals surface area contributed by atoms with Crippen LogP contribution < -0.4 is 10.6 Å². The van der Waals surface area contributed by atoms with Crippen LogP contribution in [-0.2, 0) is 9.59 Å². The van der Waals surface area contributed by atoms with Gasteiger partial charge in [-0.25, -0.2) is 0 Å². The summed E-state index contributed by atoms with van der Waals surface area (Å²) in [6, 6.07) is 20.8. The van der Waals surface area contributed by atoms with Gasteiger partial charge in [-0.3, -0.25) is 19.3 Å². The van der Waals surface area contributed by atoms with Gasteiger partial charge in [0.15, 0.2) is 0 Å². The zero-order valence-electron chi connectivity index (χ0n) is 18.8. The summed E-state index contributed by atoms with van der Waals surface area (Å²) in [6.07, 6.45) is 0. The average Bonchev–Trinajstić information content (AvgIpc) is 3.05. The molecule has 3 aromatic rings. The van der Waals surface area contributed by atoms with E-state index in [1.807, 2.05) is 24.3 Å². The van der Waals surface area contributed by atoms with Crippen LogP contribution in [0.25, 0.3) is 0 Å². The predicted molar refractivity (Wildman–Crippen MR) is 143 cm³/mol. The van der Waals surface area contributed by atoms with E-state index in [4.69, 9.17) is 11.6 Å². The van der Waals surface area contributed by atoms with Crippen molar-refractivity contribution in [1.29, 1.82) is 0 Å². The second-order valence-electron chi connectivity index (χ2n) is 8.00. The van der Waals surface area contributed by atoms with Gasteiger partial charge in [-0.05, 0) is 80.6 Å². The molecule has 0 aliphatic carbocycles. The molecule has 0 saturated heterocycles. The third-order valence-corrected chi connectivity index (χ3v) is 6.98. The molecule has 0 aromatic heterocycles. The molecule has 9 heteroatoms. The molecule has 3 aromatic carbocycles. The molecule has 1 heterocycles. The highest BCUT2D eigenvalue weighted by atomic mass is 79.9. The van der Waals surface area contributed by atoms with E-state index in [0.717, 1.165) is 9.37 Å². The van der Waals surface area contributed by atoms with Crippen molar-refractivity contribution in [3.63, 3.8) is 0 Å². The molecular weight excluding hydrogens is 550 g/mol. The van der Waals surface area contributed by atoms with Gasteiger partial charge >= 0.3 is 0 Å². The highest BCUT2D eigenvalue weighted by Crippen LogP contribution is 2.37. The van der Waals surface area contributed by atoms with E-state index >= 15 is 0 Å². The number of halogens is 2. The van der Waals surface area contributed by atoms with Crippen molar-refractivity contribution in [2.75, 3.05) is 10.6 Å².